The zero-order chi connectivity index (χ0) is 15.1. The number of carbonyl (C=O) groups is 1. The summed E-state index contributed by atoms with van der Waals surface area (Å²) in [7, 11) is 0. The van der Waals surface area contributed by atoms with Gasteiger partial charge in [-0.05, 0) is 36.8 Å². The molecule has 0 atom stereocenters. The van der Waals surface area contributed by atoms with E-state index >= 15 is 0 Å². The van der Waals surface area contributed by atoms with Crippen LogP contribution in [0, 0.1) is 6.92 Å². The molecular weight excluding hydrogens is 332 g/mol. The lowest BCUT2D eigenvalue weighted by molar-refractivity contribution is 0.247. The van der Waals surface area contributed by atoms with Gasteiger partial charge in [-0.3, -0.25) is 0 Å². The normalized spacial score (nSPS) is 10.0. The number of nitrogens with one attached hydrogen (secondary N) is 2. The van der Waals surface area contributed by atoms with Crippen LogP contribution in [-0.2, 0) is 0 Å². The van der Waals surface area contributed by atoms with E-state index < -0.39 is 0 Å². The Bertz CT molecular complexity index is 617. The standard InChI is InChI=1S/C16H17BrN2O2/c1-12-5-2-3-8-15(12)19-16(20)18-9-10-21-14-7-4-6-13(17)11-14/h2-8,11H,9-10H2,1H3,(H2,18,19,20). The molecule has 4 nitrogen and oxygen atoms in total. The molecule has 0 aliphatic rings. The SMILES string of the molecule is Cc1ccccc1NC(=O)NCCOc1cccc(Br)c1. The average molecular weight is 349 g/mol. The molecule has 0 heterocycles. The van der Waals surface area contributed by atoms with E-state index in [2.05, 4.69) is 26.6 Å². The van der Waals surface area contributed by atoms with Crippen molar-refractivity contribution in [3.63, 3.8) is 0 Å². The summed E-state index contributed by atoms with van der Waals surface area (Å²) >= 11 is 3.38. The zero-order valence-electron chi connectivity index (χ0n) is 11.7. The van der Waals surface area contributed by atoms with Crippen LogP contribution >= 0.6 is 15.9 Å². The second-order valence-electron chi connectivity index (χ2n) is 4.50. The molecule has 2 aromatic rings. The largest absolute Gasteiger partial charge is 0.492 e. The highest BCUT2D eigenvalue weighted by atomic mass is 79.9. The number of ether oxygens (including phenoxy) is 1. The first-order valence-corrected chi connectivity index (χ1v) is 7.43. The van der Waals surface area contributed by atoms with Crippen LogP contribution in [-0.4, -0.2) is 19.2 Å². The van der Waals surface area contributed by atoms with Gasteiger partial charge < -0.3 is 15.4 Å². The fourth-order valence-electron chi connectivity index (χ4n) is 1.77. The van der Waals surface area contributed by atoms with Crippen molar-refractivity contribution in [2.75, 3.05) is 18.5 Å². The lowest BCUT2D eigenvalue weighted by atomic mass is 10.2. The van der Waals surface area contributed by atoms with Crippen molar-refractivity contribution in [2.24, 2.45) is 0 Å². The van der Waals surface area contributed by atoms with E-state index in [1.54, 1.807) is 0 Å². The van der Waals surface area contributed by atoms with Crippen molar-refractivity contribution in [1.82, 2.24) is 5.32 Å². The number of urea groups is 1. The van der Waals surface area contributed by atoms with Gasteiger partial charge >= 0.3 is 6.03 Å². The molecular formula is C16H17BrN2O2. The monoisotopic (exact) mass is 348 g/mol. The van der Waals surface area contributed by atoms with Crippen molar-refractivity contribution in [2.45, 2.75) is 6.92 Å². The van der Waals surface area contributed by atoms with E-state index in [9.17, 15) is 4.79 Å². The first-order chi connectivity index (χ1) is 10.1. The molecule has 2 rings (SSSR count). The summed E-state index contributed by atoms with van der Waals surface area (Å²) in [5, 5.41) is 5.56. The van der Waals surface area contributed by atoms with Gasteiger partial charge in [0, 0.05) is 10.2 Å². The average Bonchev–Trinajstić information content (AvgIpc) is 2.46. The predicted octanol–water partition coefficient (Wildman–Crippen LogP) is 3.96. The lowest BCUT2D eigenvalue weighted by Gasteiger charge is -2.10. The summed E-state index contributed by atoms with van der Waals surface area (Å²) in [6.45, 7) is 2.80. The number of halogens is 1. The topological polar surface area (TPSA) is 50.4 Å². The second-order valence-corrected chi connectivity index (χ2v) is 5.42. The third-order valence-corrected chi connectivity index (χ3v) is 3.34. The van der Waals surface area contributed by atoms with Gasteiger partial charge in [-0.2, -0.15) is 0 Å². The van der Waals surface area contributed by atoms with Crippen LogP contribution in [0.2, 0.25) is 0 Å². The lowest BCUT2D eigenvalue weighted by Crippen LogP contribution is -2.32. The number of hydrogen-bond donors (Lipinski definition) is 2. The van der Waals surface area contributed by atoms with Crippen LogP contribution in [0.5, 0.6) is 5.75 Å². The summed E-state index contributed by atoms with van der Waals surface area (Å²) in [6, 6.07) is 15.0. The van der Waals surface area contributed by atoms with Crippen molar-refractivity contribution in [3.8, 4) is 5.75 Å². The molecule has 0 saturated heterocycles. The molecule has 2 N–H and O–H groups in total. The molecule has 21 heavy (non-hydrogen) atoms. The third kappa shape index (κ3) is 5.11. The van der Waals surface area contributed by atoms with Gasteiger partial charge in [0.25, 0.3) is 0 Å². The van der Waals surface area contributed by atoms with Gasteiger partial charge in [0.15, 0.2) is 0 Å². The van der Waals surface area contributed by atoms with Gasteiger partial charge in [0.2, 0.25) is 0 Å². The highest BCUT2D eigenvalue weighted by Crippen LogP contribution is 2.17. The molecule has 0 unspecified atom stereocenters. The molecule has 0 aliphatic heterocycles. The van der Waals surface area contributed by atoms with E-state index in [4.69, 9.17) is 4.74 Å². The summed E-state index contributed by atoms with van der Waals surface area (Å²) in [6.07, 6.45) is 0. The number of rotatable bonds is 5. The van der Waals surface area contributed by atoms with Gasteiger partial charge in [-0.1, -0.05) is 40.2 Å². The smallest absolute Gasteiger partial charge is 0.319 e. The molecule has 5 heteroatoms. The number of carbonyl (C=O) groups excluding carboxylic acids is 1. The zero-order valence-corrected chi connectivity index (χ0v) is 13.3. The van der Waals surface area contributed by atoms with Crippen LogP contribution in [0.4, 0.5) is 10.5 Å². The number of amides is 2. The van der Waals surface area contributed by atoms with E-state index in [1.165, 1.54) is 0 Å². The fraction of sp³-hybridized carbons (Fsp3) is 0.188. The van der Waals surface area contributed by atoms with Crippen molar-refractivity contribution >= 4 is 27.6 Å². The van der Waals surface area contributed by atoms with Crippen LogP contribution in [0.3, 0.4) is 0 Å². The summed E-state index contributed by atoms with van der Waals surface area (Å²) < 4.78 is 6.50. The molecule has 0 radical (unpaired) electrons. The highest BCUT2D eigenvalue weighted by molar-refractivity contribution is 9.10. The Hall–Kier alpha value is -2.01. The predicted molar refractivity (Wildman–Crippen MR) is 87.8 cm³/mol. The van der Waals surface area contributed by atoms with E-state index in [1.807, 2.05) is 55.5 Å². The van der Waals surface area contributed by atoms with Crippen molar-refractivity contribution < 1.29 is 9.53 Å². The minimum absolute atomic E-state index is 0.234. The van der Waals surface area contributed by atoms with Crippen LogP contribution in [0.25, 0.3) is 0 Å². The van der Waals surface area contributed by atoms with Gasteiger partial charge in [-0.15, -0.1) is 0 Å². The summed E-state index contributed by atoms with van der Waals surface area (Å²) in [5.41, 5.74) is 1.83. The molecule has 0 fully saturated rings. The highest BCUT2D eigenvalue weighted by Gasteiger charge is 2.03. The van der Waals surface area contributed by atoms with E-state index in [-0.39, 0.29) is 6.03 Å². The number of benzene rings is 2. The van der Waals surface area contributed by atoms with Crippen molar-refractivity contribution in [3.05, 3.63) is 58.6 Å². The molecule has 110 valence electrons. The van der Waals surface area contributed by atoms with E-state index in [0.29, 0.717) is 13.2 Å². The maximum atomic E-state index is 11.7. The number of anilines is 1. The minimum atomic E-state index is -0.234. The quantitative estimate of drug-likeness (QED) is 0.803. The Morgan fingerprint density at radius 1 is 1.19 bits per heavy atom. The molecule has 2 aromatic carbocycles. The maximum Gasteiger partial charge on any atom is 0.319 e. The molecule has 0 aliphatic carbocycles. The Labute approximate surface area is 132 Å². The Morgan fingerprint density at radius 2 is 2.00 bits per heavy atom. The third-order valence-electron chi connectivity index (χ3n) is 2.85. The number of hydrogen-bond acceptors (Lipinski definition) is 2. The number of para-hydroxylation sites is 1. The summed E-state index contributed by atoms with van der Waals surface area (Å²) in [5.74, 6) is 0.769. The van der Waals surface area contributed by atoms with Gasteiger partial charge in [-0.25, -0.2) is 4.79 Å². The first kappa shape index (κ1) is 15.4. The molecule has 0 spiro atoms. The van der Waals surface area contributed by atoms with Gasteiger partial charge in [0.1, 0.15) is 12.4 Å². The summed E-state index contributed by atoms with van der Waals surface area (Å²) in [4.78, 5) is 11.7. The molecule has 2 amide bonds. The first-order valence-electron chi connectivity index (χ1n) is 6.64. The molecule has 0 aromatic heterocycles. The maximum absolute atomic E-state index is 11.7. The minimum Gasteiger partial charge on any atom is -0.492 e. The Balaban J connectivity index is 1.71. The van der Waals surface area contributed by atoms with Crippen LogP contribution in [0.15, 0.2) is 53.0 Å². The second kappa shape index (κ2) is 7.69. The fourth-order valence-corrected chi connectivity index (χ4v) is 2.15. The number of aryl methyl sites for hydroxylation is 1. The van der Waals surface area contributed by atoms with Gasteiger partial charge in [0.05, 0.1) is 6.54 Å². The van der Waals surface area contributed by atoms with Crippen LogP contribution in [0.1, 0.15) is 5.56 Å². The van der Waals surface area contributed by atoms with E-state index in [0.717, 1.165) is 21.5 Å². The molecule has 0 bridgehead atoms. The Kier molecular flexibility index (Phi) is 5.63. The van der Waals surface area contributed by atoms with Crippen LogP contribution < -0.4 is 15.4 Å². The molecule has 0 saturated carbocycles. The Morgan fingerprint density at radius 3 is 2.76 bits per heavy atom. The van der Waals surface area contributed by atoms with Crippen molar-refractivity contribution in [1.29, 1.82) is 0 Å².